The first-order chi connectivity index (χ1) is 11.5. The molecule has 0 bridgehead atoms. The zero-order valence-corrected chi connectivity index (χ0v) is 15.0. The van der Waals surface area contributed by atoms with Crippen molar-refractivity contribution in [3.63, 3.8) is 0 Å². The van der Waals surface area contributed by atoms with E-state index < -0.39 is 5.91 Å². The molecule has 0 atom stereocenters. The van der Waals surface area contributed by atoms with Gasteiger partial charge in [-0.15, -0.1) is 0 Å². The molecule has 3 heterocycles. The number of hydrogen-bond acceptors (Lipinski definition) is 5. The van der Waals surface area contributed by atoms with Gasteiger partial charge in [-0.3, -0.25) is 9.59 Å². The third-order valence-electron chi connectivity index (χ3n) is 3.12. The lowest BCUT2D eigenvalue weighted by Gasteiger charge is -2.02. The van der Waals surface area contributed by atoms with Gasteiger partial charge in [0.2, 0.25) is 0 Å². The van der Waals surface area contributed by atoms with Crippen LogP contribution in [0.25, 0.3) is 0 Å². The van der Waals surface area contributed by atoms with E-state index in [1.165, 1.54) is 24.0 Å². The van der Waals surface area contributed by atoms with Gasteiger partial charge in [0.25, 0.3) is 11.5 Å². The molecule has 0 saturated heterocycles. The lowest BCUT2D eigenvalue weighted by Crippen LogP contribution is -2.19. The van der Waals surface area contributed by atoms with Gasteiger partial charge < -0.3 is 19.3 Å². The first kappa shape index (κ1) is 16.6. The first-order valence-corrected chi connectivity index (χ1v) is 8.69. The van der Waals surface area contributed by atoms with Crippen LogP contribution in [0, 0.1) is 0 Å². The molecule has 0 aliphatic carbocycles. The van der Waals surface area contributed by atoms with Gasteiger partial charge in [-0.1, -0.05) is 11.8 Å². The summed E-state index contributed by atoms with van der Waals surface area (Å²) in [5.74, 6) is 0.864. The molecule has 0 spiro atoms. The Labute approximate surface area is 149 Å². The van der Waals surface area contributed by atoms with Crippen LogP contribution in [0.2, 0.25) is 0 Å². The van der Waals surface area contributed by atoms with Gasteiger partial charge in [-0.25, -0.2) is 4.98 Å². The van der Waals surface area contributed by atoms with Gasteiger partial charge in [0.1, 0.15) is 11.4 Å². The summed E-state index contributed by atoms with van der Waals surface area (Å²) < 4.78 is 8.09. The summed E-state index contributed by atoms with van der Waals surface area (Å²) in [5.41, 5.74) is -0.238. The third-order valence-corrected chi connectivity index (χ3v) is 4.66. The topological polar surface area (TPSA) is 92.9 Å². The summed E-state index contributed by atoms with van der Waals surface area (Å²) >= 11 is 4.74. The largest absolute Gasteiger partial charge is 0.455 e. The molecule has 0 aromatic carbocycles. The Balaban J connectivity index is 1.66. The summed E-state index contributed by atoms with van der Waals surface area (Å²) in [5, 5.41) is 3.39. The normalized spacial score (nSPS) is 10.8. The van der Waals surface area contributed by atoms with Crippen molar-refractivity contribution >= 4 is 39.3 Å². The molecule has 0 saturated carbocycles. The van der Waals surface area contributed by atoms with Gasteiger partial charge in [0, 0.05) is 30.1 Å². The second-order valence-electron chi connectivity index (χ2n) is 4.89. The van der Waals surface area contributed by atoms with E-state index in [9.17, 15) is 9.59 Å². The van der Waals surface area contributed by atoms with E-state index in [-0.39, 0.29) is 17.0 Å². The van der Waals surface area contributed by atoms with Gasteiger partial charge in [0.05, 0.1) is 5.75 Å². The molecule has 9 heteroatoms. The van der Waals surface area contributed by atoms with Gasteiger partial charge >= 0.3 is 0 Å². The molecular formula is C15H13BrN4O3S. The number of pyridine rings is 1. The fraction of sp³-hybridized carbons (Fsp3) is 0.133. The number of imidazole rings is 1. The highest BCUT2D eigenvalue weighted by molar-refractivity contribution is 9.10. The SMILES string of the molecule is Cn1ccnc1SCc1ccc(C(=O)Nc2cc(Br)c[nH]c2=O)o1. The predicted molar refractivity (Wildman–Crippen MR) is 94.2 cm³/mol. The monoisotopic (exact) mass is 408 g/mol. The van der Waals surface area contributed by atoms with Crippen molar-refractivity contribution in [3.8, 4) is 0 Å². The number of anilines is 1. The van der Waals surface area contributed by atoms with E-state index in [2.05, 4.69) is 31.2 Å². The Hall–Kier alpha value is -2.26. The Bertz CT molecular complexity index is 931. The quantitative estimate of drug-likeness (QED) is 0.632. The Morgan fingerprint density at radius 1 is 1.50 bits per heavy atom. The highest BCUT2D eigenvalue weighted by Gasteiger charge is 2.14. The molecule has 124 valence electrons. The molecule has 0 radical (unpaired) electrons. The summed E-state index contributed by atoms with van der Waals surface area (Å²) in [6.07, 6.45) is 5.08. The summed E-state index contributed by atoms with van der Waals surface area (Å²) in [7, 11) is 1.91. The number of halogens is 1. The van der Waals surface area contributed by atoms with E-state index in [0.29, 0.717) is 16.0 Å². The van der Waals surface area contributed by atoms with Crippen LogP contribution in [0.3, 0.4) is 0 Å². The minimum atomic E-state index is -0.480. The summed E-state index contributed by atoms with van der Waals surface area (Å²) in [4.78, 5) is 30.6. The Kier molecular flexibility index (Phi) is 4.91. The molecule has 3 aromatic heterocycles. The fourth-order valence-corrected chi connectivity index (χ4v) is 3.11. The maximum atomic E-state index is 12.2. The number of nitrogens with zero attached hydrogens (tertiary/aromatic N) is 2. The molecule has 0 fully saturated rings. The van der Waals surface area contributed by atoms with Gasteiger partial charge in [-0.05, 0) is 34.1 Å². The number of rotatable bonds is 5. The van der Waals surface area contributed by atoms with Crippen molar-refractivity contribution in [2.45, 2.75) is 10.9 Å². The van der Waals surface area contributed by atoms with Crippen molar-refractivity contribution < 1.29 is 9.21 Å². The number of carbonyl (C=O) groups excluding carboxylic acids is 1. The van der Waals surface area contributed by atoms with E-state index >= 15 is 0 Å². The second kappa shape index (κ2) is 7.10. The third kappa shape index (κ3) is 3.80. The van der Waals surface area contributed by atoms with Gasteiger partial charge in [-0.2, -0.15) is 0 Å². The molecule has 7 nitrogen and oxygen atoms in total. The van der Waals surface area contributed by atoms with Crippen molar-refractivity contribution in [3.05, 3.63) is 63.1 Å². The number of carbonyl (C=O) groups is 1. The highest BCUT2D eigenvalue weighted by atomic mass is 79.9. The lowest BCUT2D eigenvalue weighted by molar-refractivity contribution is 0.0995. The van der Waals surface area contributed by atoms with Crippen LogP contribution >= 0.6 is 27.7 Å². The zero-order valence-electron chi connectivity index (χ0n) is 12.6. The zero-order chi connectivity index (χ0) is 17.1. The van der Waals surface area contributed by atoms with Crippen LogP contribution < -0.4 is 10.9 Å². The maximum Gasteiger partial charge on any atom is 0.291 e. The first-order valence-electron chi connectivity index (χ1n) is 6.91. The van der Waals surface area contributed by atoms with E-state index in [4.69, 9.17) is 4.42 Å². The van der Waals surface area contributed by atoms with Crippen molar-refractivity contribution in [1.29, 1.82) is 0 Å². The Morgan fingerprint density at radius 3 is 3.08 bits per heavy atom. The molecule has 3 rings (SSSR count). The molecular weight excluding hydrogens is 396 g/mol. The van der Waals surface area contributed by atoms with Crippen molar-refractivity contribution in [2.24, 2.45) is 7.05 Å². The van der Waals surface area contributed by atoms with E-state index in [0.717, 1.165) is 5.16 Å². The second-order valence-corrected chi connectivity index (χ2v) is 6.75. The number of H-pyrrole nitrogens is 1. The molecule has 0 unspecified atom stereocenters. The van der Waals surface area contributed by atoms with Crippen LogP contribution in [0.5, 0.6) is 0 Å². The van der Waals surface area contributed by atoms with Crippen molar-refractivity contribution in [2.75, 3.05) is 5.32 Å². The fourth-order valence-electron chi connectivity index (χ4n) is 1.94. The average Bonchev–Trinajstić information content (AvgIpc) is 3.18. The van der Waals surface area contributed by atoms with Crippen LogP contribution in [0.4, 0.5) is 5.69 Å². The van der Waals surface area contributed by atoms with Crippen LogP contribution in [-0.4, -0.2) is 20.4 Å². The maximum absolute atomic E-state index is 12.2. The highest BCUT2D eigenvalue weighted by Crippen LogP contribution is 2.22. The van der Waals surface area contributed by atoms with Crippen LogP contribution in [-0.2, 0) is 12.8 Å². The van der Waals surface area contributed by atoms with E-state index in [1.807, 2.05) is 17.8 Å². The summed E-state index contributed by atoms with van der Waals surface area (Å²) in [6, 6.07) is 4.84. The molecule has 2 N–H and O–H groups in total. The van der Waals surface area contributed by atoms with Gasteiger partial charge in [0.15, 0.2) is 10.9 Å². The molecule has 0 aliphatic rings. The molecule has 0 aliphatic heterocycles. The lowest BCUT2D eigenvalue weighted by atomic mass is 10.3. The van der Waals surface area contributed by atoms with Crippen LogP contribution in [0.15, 0.2) is 55.6 Å². The number of thioether (sulfide) groups is 1. The number of furan rings is 1. The molecule has 24 heavy (non-hydrogen) atoms. The predicted octanol–water partition coefficient (Wildman–Crippen LogP) is 3.01. The number of aromatic nitrogens is 3. The number of aryl methyl sites for hydroxylation is 1. The molecule has 3 aromatic rings. The number of hydrogen-bond donors (Lipinski definition) is 2. The number of nitrogens with one attached hydrogen (secondary N) is 2. The standard InChI is InChI=1S/C15H13BrN4O3S/c1-20-5-4-17-15(20)24-8-10-2-3-12(23-10)14(22)19-11-6-9(16)7-18-13(11)21/h2-7H,8H2,1H3,(H,18,21)(H,19,22). The molecule has 1 amide bonds. The average molecular weight is 409 g/mol. The number of amides is 1. The minimum absolute atomic E-state index is 0.143. The van der Waals surface area contributed by atoms with Crippen molar-refractivity contribution in [1.82, 2.24) is 14.5 Å². The Morgan fingerprint density at radius 2 is 2.33 bits per heavy atom. The minimum Gasteiger partial charge on any atom is -0.455 e. The number of aromatic amines is 1. The van der Waals surface area contributed by atoms with Crippen LogP contribution in [0.1, 0.15) is 16.3 Å². The summed E-state index contributed by atoms with van der Waals surface area (Å²) in [6.45, 7) is 0. The smallest absolute Gasteiger partial charge is 0.291 e. The van der Waals surface area contributed by atoms with E-state index in [1.54, 1.807) is 18.3 Å².